The van der Waals surface area contributed by atoms with E-state index in [1.807, 2.05) is 6.07 Å². The lowest BCUT2D eigenvalue weighted by Gasteiger charge is -2.22. The number of nitrogens with one attached hydrogen (secondary N) is 1. The van der Waals surface area contributed by atoms with Gasteiger partial charge in [0.25, 0.3) is 0 Å². The highest BCUT2D eigenvalue weighted by atomic mass is 35.5. The van der Waals surface area contributed by atoms with E-state index < -0.39 is 0 Å². The van der Waals surface area contributed by atoms with Gasteiger partial charge in [0.1, 0.15) is 11.0 Å². The second-order valence-corrected chi connectivity index (χ2v) is 6.62. The van der Waals surface area contributed by atoms with Crippen LogP contribution in [0.2, 0.25) is 15.2 Å². The van der Waals surface area contributed by atoms with E-state index in [0.717, 1.165) is 0 Å². The summed E-state index contributed by atoms with van der Waals surface area (Å²) in [6.07, 6.45) is 0. The van der Waals surface area contributed by atoms with Gasteiger partial charge in [-0.1, -0.05) is 54.7 Å². The summed E-state index contributed by atoms with van der Waals surface area (Å²) in [5, 5.41) is 6.47. The van der Waals surface area contributed by atoms with Gasteiger partial charge in [-0.05, 0) is 23.4 Å². The SMILES string of the molecule is CC(C)C(Nc1nc(Cl)c(Cl)cc1Cl)c1cccs1. The third-order valence-corrected chi connectivity index (χ3v) is 4.61. The molecule has 0 aliphatic rings. The molecule has 1 N–H and O–H groups in total. The average molecular weight is 336 g/mol. The van der Waals surface area contributed by atoms with Crippen LogP contribution in [0.25, 0.3) is 0 Å². The Morgan fingerprint density at radius 2 is 1.95 bits per heavy atom. The smallest absolute Gasteiger partial charge is 0.150 e. The number of nitrogens with zero attached hydrogens (tertiary/aromatic N) is 1. The van der Waals surface area contributed by atoms with Gasteiger partial charge in [0.2, 0.25) is 0 Å². The molecule has 1 unspecified atom stereocenters. The van der Waals surface area contributed by atoms with Crippen molar-refractivity contribution in [2.45, 2.75) is 19.9 Å². The molecule has 102 valence electrons. The fourth-order valence-electron chi connectivity index (χ4n) is 1.73. The molecule has 0 aliphatic heterocycles. The molecule has 2 aromatic rings. The summed E-state index contributed by atoms with van der Waals surface area (Å²) in [6, 6.07) is 5.86. The molecule has 0 spiro atoms. The van der Waals surface area contributed by atoms with E-state index in [4.69, 9.17) is 34.8 Å². The first-order valence-electron chi connectivity index (χ1n) is 5.80. The summed E-state index contributed by atoms with van der Waals surface area (Å²) in [4.78, 5) is 5.43. The van der Waals surface area contributed by atoms with E-state index in [9.17, 15) is 0 Å². The number of thiophene rings is 1. The van der Waals surface area contributed by atoms with Crippen LogP contribution >= 0.6 is 46.1 Å². The zero-order chi connectivity index (χ0) is 14.0. The number of anilines is 1. The highest BCUT2D eigenvalue weighted by Gasteiger charge is 2.19. The van der Waals surface area contributed by atoms with Crippen molar-refractivity contribution in [2.24, 2.45) is 5.92 Å². The Kier molecular flexibility index (Phi) is 4.96. The van der Waals surface area contributed by atoms with Crippen LogP contribution in [0.5, 0.6) is 0 Å². The maximum absolute atomic E-state index is 6.15. The van der Waals surface area contributed by atoms with Crippen molar-refractivity contribution in [1.82, 2.24) is 4.98 Å². The third-order valence-electron chi connectivity index (χ3n) is 2.70. The molecule has 0 fully saturated rings. The van der Waals surface area contributed by atoms with E-state index in [0.29, 0.717) is 21.8 Å². The first-order valence-corrected chi connectivity index (χ1v) is 7.82. The third kappa shape index (κ3) is 3.54. The number of rotatable bonds is 4. The molecule has 0 aromatic carbocycles. The predicted octanol–water partition coefficient (Wildman–Crippen LogP) is 5.91. The highest BCUT2D eigenvalue weighted by Crippen LogP contribution is 2.34. The quantitative estimate of drug-likeness (QED) is 0.702. The van der Waals surface area contributed by atoms with Crippen molar-refractivity contribution < 1.29 is 0 Å². The van der Waals surface area contributed by atoms with Gasteiger partial charge in [0.15, 0.2) is 0 Å². The van der Waals surface area contributed by atoms with Crippen LogP contribution in [0.1, 0.15) is 24.8 Å². The van der Waals surface area contributed by atoms with Crippen LogP contribution in [0.15, 0.2) is 23.6 Å². The van der Waals surface area contributed by atoms with Gasteiger partial charge in [-0.25, -0.2) is 4.98 Å². The van der Waals surface area contributed by atoms with Crippen molar-refractivity contribution in [2.75, 3.05) is 5.32 Å². The van der Waals surface area contributed by atoms with Crippen molar-refractivity contribution in [3.05, 3.63) is 43.7 Å². The molecule has 0 radical (unpaired) electrons. The van der Waals surface area contributed by atoms with Crippen LogP contribution in [0, 0.1) is 5.92 Å². The fraction of sp³-hybridized carbons (Fsp3) is 0.308. The molecule has 2 rings (SSSR count). The number of halogens is 3. The normalized spacial score (nSPS) is 12.7. The Bertz CT molecular complexity index is 555. The molecule has 19 heavy (non-hydrogen) atoms. The summed E-state index contributed by atoms with van der Waals surface area (Å²) in [7, 11) is 0. The van der Waals surface area contributed by atoms with Crippen molar-refractivity contribution in [1.29, 1.82) is 0 Å². The lowest BCUT2D eigenvalue weighted by Crippen LogP contribution is -2.16. The summed E-state index contributed by atoms with van der Waals surface area (Å²) >= 11 is 19.7. The van der Waals surface area contributed by atoms with Gasteiger partial charge in [0, 0.05) is 4.88 Å². The van der Waals surface area contributed by atoms with Crippen LogP contribution in [-0.4, -0.2) is 4.98 Å². The lowest BCUT2D eigenvalue weighted by molar-refractivity contribution is 0.552. The van der Waals surface area contributed by atoms with Gasteiger partial charge in [-0.3, -0.25) is 0 Å². The molecule has 0 aliphatic carbocycles. The van der Waals surface area contributed by atoms with Crippen LogP contribution in [-0.2, 0) is 0 Å². The second kappa shape index (κ2) is 6.31. The Morgan fingerprint density at radius 3 is 2.53 bits per heavy atom. The predicted molar refractivity (Wildman–Crippen MR) is 84.8 cm³/mol. The summed E-state index contributed by atoms with van der Waals surface area (Å²) in [6.45, 7) is 4.28. The van der Waals surface area contributed by atoms with Crippen LogP contribution < -0.4 is 5.32 Å². The molecule has 2 nitrogen and oxygen atoms in total. The molecule has 0 amide bonds. The maximum Gasteiger partial charge on any atom is 0.150 e. The van der Waals surface area contributed by atoms with E-state index in [2.05, 4.69) is 35.6 Å². The van der Waals surface area contributed by atoms with E-state index in [1.165, 1.54) is 4.88 Å². The van der Waals surface area contributed by atoms with Gasteiger partial charge >= 0.3 is 0 Å². The van der Waals surface area contributed by atoms with E-state index >= 15 is 0 Å². The minimum atomic E-state index is 0.141. The Hall–Kier alpha value is -0.480. The second-order valence-electron chi connectivity index (χ2n) is 4.47. The van der Waals surface area contributed by atoms with E-state index in [-0.39, 0.29) is 11.2 Å². The average Bonchev–Trinajstić information content (AvgIpc) is 2.85. The Labute approximate surface area is 131 Å². The topological polar surface area (TPSA) is 24.9 Å². The number of hydrogen-bond donors (Lipinski definition) is 1. The summed E-state index contributed by atoms with van der Waals surface area (Å²) in [5.74, 6) is 0.953. The largest absolute Gasteiger partial charge is 0.361 e. The monoisotopic (exact) mass is 334 g/mol. The van der Waals surface area contributed by atoms with Crippen LogP contribution in [0.4, 0.5) is 5.82 Å². The molecule has 0 saturated carbocycles. The summed E-state index contributed by atoms with van der Waals surface area (Å²) in [5.41, 5.74) is 0. The van der Waals surface area contributed by atoms with Crippen molar-refractivity contribution in [3.63, 3.8) is 0 Å². The zero-order valence-corrected chi connectivity index (χ0v) is 13.5. The lowest BCUT2D eigenvalue weighted by atomic mass is 10.0. The number of hydrogen-bond acceptors (Lipinski definition) is 3. The first-order chi connectivity index (χ1) is 8.99. The fourth-order valence-corrected chi connectivity index (χ4v) is 3.23. The zero-order valence-electron chi connectivity index (χ0n) is 10.5. The van der Waals surface area contributed by atoms with Gasteiger partial charge in [-0.15, -0.1) is 11.3 Å². The molecule has 0 bridgehead atoms. The molecule has 1 atom stereocenters. The molecule has 0 saturated heterocycles. The number of aromatic nitrogens is 1. The Balaban J connectivity index is 2.30. The molecule has 2 heterocycles. The van der Waals surface area contributed by atoms with Crippen molar-refractivity contribution >= 4 is 52.0 Å². The highest BCUT2D eigenvalue weighted by molar-refractivity contribution is 7.10. The molecular weight excluding hydrogens is 323 g/mol. The maximum atomic E-state index is 6.15. The standard InChI is InChI=1S/C13H13Cl3N2S/c1-7(2)11(10-4-3-5-19-10)17-13-9(15)6-8(14)12(16)18-13/h3-7,11H,1-2H3,(H,17,18). The molecule has 2 aromatic heterocycles. The van der Waals surface area contributed by atoms with Gasteiger partial charge in [-0.2, -0.15) is 0 Å². The minimum Gasteiger partial charge on any atom is -0.361 e. The number of pyridine rings is 1. The summed E-state index contributed by atoms with van der Waals surface area (Å²) < 4.78 is 0. The Morgan fingerprint density at radius 1 is 1.21 bits per heavy atom. The minimum absolute atomic E-state index is 0.141. The van der Waals surface area contributed by atoms with Crippen LogP contribution in [0.3, 0.4) is 0 Å². The molecular formula is C13H13Cl3N2S. The van der Waals surface area contributed by atoms with Crippen molar-refractivity contribution in [3.8, 4) is 0 Å². The van der Waals surface area contributed by atoms with Gasteiger partial charge in [0.05, 0.1) is 16.1 Å². The van der Waals surface area contributed by atoms with Gasteiger partial charge < -0.3 is 5.32 Å². The molecule has 6 heteroatoms. The van der Waals surface area contributed by atoms with E-state index in [1.54, 1.807) is 17.4 Å². The first kappa shape index (κ1) is 14.9.